The van der Waals surface area contributed by atoms with Gasteiger partial charge >= 0.3 is 385 Å². The summed E-state index contributed by atoms with van der Waals surface area (Å²) in [6, 6.07) is 46.2. The van der Waals surface area contributed by atoms with E-state index in [1.54, 1.807) is 0 Å². The van der Waals surface area contributed by atoms with Gasteiger partial charge in [-0.1, -0.05) is 0 Å². The Kier molecular flexibility index (Phi) is 13.0. The Morgan fingerprint density at radius 2 is 0.629 bits per heavy atom. The topological polar surface area (TPSA) is 0 Å². The van der Waals surface area contributed by atoms with Crippen molar-refractivity contribution in [2.24, 2.45) is 0 Å². The Balaban J connectivity index is 1.60. The molecule has 0 aromatic heterocycles. The summed E-state index contributed by atoms with van der Waals surface area (Å²) in [6.45, 7) is 32.5. The van der Waals surface area contributed by atoms with Gasteiger partial charge in [-0.2, -0.15) is 0 Å². The van der Waals surface area contributed by atoms with Gasteiger partial charge in [0.15, 0.2) is 0 Å². The van der Waals surface area contributed by atoms with Gasteiger partial charge in [0.2, 0.25) is 0 Å². The van der Waals surface area contributed by atoms with Crippen molar-refractivity contribution >= 4 is 27.5 Å². The van der Waals surface area contributed by atoms with Gasteiger partial charge in [0, 0.05) is 0 Å². The van der Waals surface area contributed by atoms with Crippen LogP contribution in [0.1, 0.15) is 114 Å². The van der Waals surface area contributed by atoms with Gasteiger partial charge in [-0.3, -0.25) is 0 Å². The van der Waals surface area contributed by atoms with E-state index in [1.807, 2.05) is 0 Å². The van der Waals surface area contributed by atoms with Gasteiger partial charge in [-0.05, 0) is 0 Å². The quantitative estimate of drug-likeness (QED) is 0.130. The molecule has 0 saturated carbocycles. The molecule has 7 rings (SSSR count). The van der Waals surface area contributed by atoms with Crippen molar-refractivity contribution in [2.45, 2.75) is 119 Å². The molecule has 0 spiro atoms. The fourth-order valence-electron chi connectivity index (χ4n) is 9.98. The molecule has 7 aromatic carbocycles. The van der Waals surface area contributed by atoms with E-state index in [0.717, 1.165) is 12.8 Å². The SMILES string of the molecule is Cc1cccc(C)c1-c1cccc(-c2c(C)cccc2C)c1Cc1cc(C(C)(C)C)cc(Cc2c(-c3c(C)cccc3C)cccc2-c2c(C)cccc2C)[c]1[Ge](=[S])[C](C)(C)C. The molecule has 0 heterocycles. The molecule has 0 nitrogen and oxygen atoms in total. The normalized spacial score (nSPS) is 11.9. The van der Waals surface area contributed by atoms with E-state index in [2.05, 4.69) is 218 Å². The molecule has 0 radical (unpaired) electrons. The molecule has 2 heteroatoms. The van der Waals surface area contributed by atoms with Gasteiger partial charge in [-0.25, -0.2) is 0 Å². The van der Waals surface area contributed by atoms with Crippen LogP contribution in [0.5, 0.6) is 0 Å². The summed E-state index contributed by atoms with van der Waals surface area (Å²) >= 11 is -2.42. The van der Waals surface area contributed by atoms with Crippen LogP contribution in [0.4, 0.5) is 0 Å². The van der Waals surface area contributed by atoms with Crippen LogP contribution in [0.3, 0.4) is 0 Å². The minimum absolute atomic E-state index is 0.00516. The Labute approximate surface area is 382 Å². The molecule has 0 atom stereocenters. The van der Waals surface area contributed by atoms with Crippen LogP contribution < -0.4 is 4.40 Å². The molecule has 0 fully saturated rings. The number of hydrogen-bond acceptors (Lipinski definition) is 1. The van der Waals surface area contributed by atoms with E-state index in [-0.39, 0.29) is 9.66 Å². The molecule has 62 heavy (non-hydrogen) atoms. The van der Waals surface area contributed by atoms with Crippen molar-refractivity contribution in [1.29, 1.82) is 0 Å². The zero-order valence-electron chi connectivity index (χ0n) is 39.9. The van der Waals surface area contributed by atoms with Gasteiger partial charge in [0.1, 0.15) is 0 Å². The maximum atomic E-state index is 7.02. The molecule has 7 aromatic rings. The van der Waals surface area contributed by atoms with E-state index in [1.165, 1.54) is 121 Å². The first-order valence-corrected chi connectivity index (χ1v) is 27.6. The summed E-state index contributed by atoms with van der Waals surface area (Å²) in [5.74, 6) is 0. The summed E-state index contributed by atoms with van der Waals surface area (Å²) < 4.78 is 1.48. The van der Waals surface area contributed by atoms with Crippen molar-refractivity contribution in [1.82, 2.24) is 0 Å². The molecule has 316 valence electrons. The Bertz CT molecular complexity index is 2460. The number of rotatable bonds is 9. The van der Waals surface area contributed by atoms with Crippen molar-refractivity contribution in [2.75, 3.05) is 0 Å². The molecule has 0 aliphatic rings. The van der Waals surface area contributed by atoms with Crippen LogP contribution in [0.15, 0.2) is 121 Å². The number of aryl methyl sites for hydroxylation is 8. The molecular weight excluding hydrogens is 825 g/mol. The standard InChI is InChI=1S/C60H66GeS/c1-37-21-15-22-38(2)54(37)48-29-19-30-49(55-39(3)23-16-24-40(55)4)52(48)35-45-33-47(59(9,10)11)34-46(58(45)61(62)60(12,13)14)36-53-50(56-41(5)25-17-26-42(56)6)31-20-32-51(53)57-43(7)27-18-28-44(57)8/h15-34H,35-36H2,1-14H3. The zero-order valence-corrected chi connectivity index (χ0v) is 42.8. The first-order valence-electron chi connectivity index (χ1n) is 22.5. The predicted molar refractivity (Wildman–Crippen MR) is 276 cm³/mol. The third-order valence-electron chi connectivity index (χ3n) is 13.2. The summed E-state index contributed by atoms with van der Waals surface area (Å²) in [6.07, 6.45) is 1.62. The molecule has 0 aliphatic carbocycles. The average Bonchev–Trinajstić information content (AvgIpc) is 3.18. The van der Waals surface area contributed by atoms with E-state index in [4.69, 9.17) is 10.5 Å². The van der Waals surface area contributed by atoms with Crippen LogP contribution in [0.25, 0.3) is 44.5 Å². The average molecular weight is 892 g/mol. The van der Waals surface area contributed by atoms with Crippen molar-refractivity contribution in [3.8, 4) is 44.5 Å². The van der Waals surface area contributed by atoms with Crippen LogP contribution in [0, 0.1) is 55.4 Å². The monoisotopic (exact) mass is 892 g/mol. The van der Waals surface area contributed by atoms with Crippen LogP contribution in [0.2, 0.25) is 4.25 Å². The third kappa shape index (κ3) is 8.91. The van der Waals surface area contributed by atoms with Gasteiger partial charge < -0.3 is 0 Å². The molecule has 0 aliphatic heterocycles. The van der Waals surface area contributed by atoms with Crippen LogP contribution in [-0.2, 0) is 18.3 Å². The van der Waals surface area contributed by atoms with E-state index in [0.29, 0.717) is 0 Å². The van der Waals surface area contributed by atoms with E-state index >= 15 is 0 Å². The van der Waals surface area contributed by atoms with E-state index in [9.17, 15) is 0 Å². The van der Waals surface area contributed by atoms with Gasteiger partial charge in [-0.15, -0.1) is 0 Å². The van der Waals surface area contributed by atoms with Gasteiger partial charge in [0.05, 0.1) is 0 Å². The van der Waals surface area contributed by atoms with E-state index < -0.39 is 12.7 Å². The molecule has 0 N–H and O–H groups in total. The first-order chi connectivity index (χ1) is 29.3. The number of benzene rings is 7. The van der Waals surface area contributed by atoms with Crippen molar-refractivity contribution in [3.05, 3.63) is 194 Å². The molecule has 0 saturated heterocycles. The fraction of sp³-hybridized carbons (Fsp3) is 0.300. The fourth-order valence-corrected chi connectivity index (χ4v) is 14.8. The van der Waals surface area contributed by atoms with Crippen LogP contribution in [-0.4, -0.2) is 12.7 Å². The second-order valence-corrected chi connectivity index (χ2v) is 27.8. The summed E-state index contributed by atoms with van der Waals surface area (Å²) in [4.78, 5) is 0. The Hall–Kier alpha value is -4.70. The molecule has 0 bridgehead atoms. The second-order valence-electron chi connectivity index (χ2n) is 20.1. The number of hydrogen-bond donors (Lipinski definition) is 0. The second kappa shape index (κ2) is 17.8. The van der Waals surface area contributed by atoms with Gasteiger partial charge in [0.25, 0.3) is 0 Å². The maximum absolute atomic E-state index is 7.02. The molecule has 0 unspecified atom stereocenters. The van der Waals surface area contributed by atoms with Crippen LogP contribution >= 0.6 is 10.5 Å². The summed E-state index contributed by atoms with van der Waals surface area (Å²) in [5, 5.41) is 0. The Morgan fingerprint density at radius 3 is 0.855 bits per heavy atom. The third-order valence-corrected chi connectivity index (χ3v) is 22.6. The van der Waals surface area contributed by atoms with Crippen molar-refractivity contribution < 1.29 is 0 Å². The minimum atomic E-state index is -2.42. The molecular formula is C60H66GeS. The summed E-state index contributed by atoms with van der Waals surface area (Å²) in [5.41, 5.74) is 28.1. The first kappa shape index (κ1) is 45.3. The molecule has 0 amide bonds. The summed E-state index contributed by atoms with van der Waals surface area (Å²) in [7, 11) is 7.02. The zero-order chi connectivity index (χ0) is 44.8. The van der Waals surface area contributed by atoms with Crippen molar-refractivity contribution in [3.63, 3.8) is 0 Å². The predicted octanol–water partition coefficient (Wildman–Crippen LogP) is 16.5. The Morgan fingerprint density at radius 1 is 0.387 bits per heavy atom.